The Balaban J connectivity index is 3.05. The average molecular weight is 264 g/mol. The molecule has 2 N–H and O–H groups in total. The number of nitrogens with two attached hydrogens (primary N) is 1. The summed E-state index contributed by atoms with van der Waals surface area (Å²) in [4.78, 5) is 19.9. The third kappa shape index (κ3) is 3.92. The summed E-state index contributed by atoms with van der Waals surface area (Å²) < 4.78 is 0. The van der Waals surface area contributed by atoms with Crippen molar-refractivity contribution in [3.63, 3.8) is 0 Å². The lowest BCUT2D eigenvalue weighted by Crippen LogP contribution is -2.38. The van der Waals surface area contributed by atoms with Crippen LogP contribution in [0.25, 0.3) is 0 Å². The van der Waals surface area contributed by atoms with Gasteiger partial charge in [0, 0.05) is 38.9 Å². The van der Waals surface area contributed by atoms with E-state index in [1.807, 2.05) is 17.9 Å². The Morgan fingerprint density at radius 2 is 2.11 bits per heavy atom. The lowest BCUT2D eigenvalue weighted by Gasteiger charge is -2.26. The quantitative estimate of drug-likeness (QED) is 0.837. The minimum Gasteiger partial charge on any atom is -0.347 e. The molecule has 0 atom stereocenters. The standard InChI is InChI=1S/C14H24N4O/c1-5-8-18(10-13(19)17(3)4)14-12(9-15)11(2)6-7-16-14/h6-7H,5,8-10,15H2,1-4H3. The normalized spacial score (nSPS) is 10.4. The Hall–Kier alpha value is -1.62. The summed E-state index contributed by atoms with van der Waals surface area (Å²) in [5.74, 6) is 0.902. The highest BCUT2D eigenvalue weighted by Gasteiger charge is 2.17. The number of pyridine rings is 1. The zero-order valence-electron chi connectivity index (χ0n) is 12.3. The Kier molecular flexibility index (Phi) is 5.76. The summed E-state index contributed by atoms with van der Waals surface area (Å²) in [6.45, 7) is 5.68. The Labute approximate surface area is 115 Å². The molecule has 5 heteroatoms. The van der Waals surface area contributed by atoms with Crippen LogP contribution in [0.3, 0.4) is 0 Å². The topological polar surface area (TPSA) is 62.5 Å². The number of likely N-dealkylation sites (N-methyl/N-ethyl adjacent to an activating group) is 1. The van der Waals surface area contributed by atoms with E-state index >= 15 is 0 Å². The number of carbonyl (C=O) groups excluding carboxylic acids is 1. The summed E-state index contributed by atoms with van der Waals surface area (Å²) in [5.41, 5.74) is 7.95. The van der Waals surface area contributed by atoms with Crippen molar-refractivity contribution in [2.45, 2.75) is 26.8 Å². The molecule has 0 aliphatic heterocycles. The van der Waals surface area contributed by atoms with Crippen molar-refractivity contribution in [3.05, 3.63) is 23.4 Å². The van der Waals surface area contributed by atoms with Gasteiger partial charge >= 0.3 is 0 Å². The maximum absolute atomic E-state index is 11.9. The molecule has 0 fully saturated rings. The third-order valence-electron chi connectivity index (χ3n) is 3.09. The molecule has 19 heavy (non-hydrogen) atoms. The smallest absolute Gasteiger partial charge is 0.241 e. The van der Waals surface area contributed by atoms with Crippen LogP contribution in [0.4, 0.5) is 5.82 Å². The zero-order valence-corrected chi connectivity index (χ0v) is 12.3. The maximum Gasteiger partial charge on any atom is 0.241 e. The lowest BCUT2D eigenvalue weighted by molar-refractivity contribution is -0.127. The molecule has 1 heterocycles. The maximum atomic E-state index is 11.9. The number of hydrogen-bond donors (Lipinski definition) is 1. The van der Waals surface area contributed by atoms with Crippen molar-refractivity contribution in [1.82, 2.24) is 9.88 Å². The van der Waals surface area contributed by atoms with Crippen LogP contribution in [-0.4, -0.2) is 43.0 Å². The van der Waals surface area contributed by atoms with Gasteiger partial charge in [-0.15, -0.1) is 0 Å². The molecule has 106 valence electrons. The second kappa shape index (κ2) is 7.09. The highest BCUT2D eigenvalue weighted by atomic mass is 16.2. The van der Waals surface area contributed by atoms with Crippen LogP contribution in [0.5, 0.6) is 0 Å². The van der Waals surface area contributed by atoms with E-state index in [1.165, 1.54) is 0 Å². The van der Waals surface area contributed by atoms with Crippen molar-refractivity contribution in [2.24, 2.45) is 5.73 Å². The first-order valence-corrected chi connectivity index (χ1v) is 6.60. The average Bonchev–Trinajstić information content (AvgIpc) is 2.37. The minimum atomic E-state index is 0.0692. The monoisotopic (exact) mass is 264 g/mol. The predicted molar refractivity (Wildman–Crippen MR) is 78.1 cm³/mol. The van der Waals surface area contributed by atoms with Gasteiger partial charge in [-0.3, -0.25) is 4.79 Å². The van der Waals surface area contributed by atoms with Crippen LogP contribution < -0.4 is 10.6 Å². The van der Waals surface area contributed by atoms with E-state index in [0.717, 1.165) is 29.9 Å². The number of hydrogen-bond acceptors (Lipinski definition) is 4. The molecule has 0 aliphatic rings. The fourth-order valence-electron chi connectivity index (χ4n) is 1.93. The second-order valence-corrected chi connectivity index (χ2v) is 4.84. The molecule has 0 aliphatic carbocycles. The van der Waals surface area contributed by atoms with Crippen molar-refractivity contribution in [1.29, 1.82) is 0 Å². The summed E-state index contributed by atoms with van der Waals surface area (Å²) in [6.07, 6.45) is 2.73. The van der Waals surface area contributed by atoms with Gasteiger partial charge in [-0.2, -0.15) is 0 Å². The molecule has 0 unspecified atom stereocenters. The van der Waals surface area contributed by atoms with Gasteiger partial charge in [0.2, 0.25) is 5.91 Å². The van der Waals surface area contributed by atoms with Gasteiger partial charge in [-0.1, -0.05) is 6.92 Å². The van der Waals surface area contributed by atoms with Crippen LogP contribution in [0.1, 0.15) is 24.5 Å². The van der Waals surface area contributed by atoms with E-state index in [0.29, 0.717) is 13.1 Å². The van der Waals surface area contributed by atoms with Crippen molar-refractivity contribution in [3.8, 4) is 0 Å². The van der Waals surface area contributed by atoms with E-state index in [9.17, 15) is 4.79 Å². The first-order chi connectivity index (χ1) is 9.01. The molecule has 1 rings (SSSR count). The number of aryl methyl sites for hydroxylation is 1. The molecule has 1 aromatic rings. The molecule has 1 amide bonds. The Morgan fingerprint density at radius 1 is 1.42 bits per heavy atom. The predicted octanol–water partition coefficient (Wildman–Crippen LogP) is 1.15. The summed E-state index contributed by atoms with van der Waals surface area (Å²) in [5, 5.41) is 0. The molecule has 0 spiro atoms. The van der Waals surface area contributed by atoms with Crippen molar-refractivity contribution >= 4 is 11.7 Å². The number of anilines is 1. The number of rotatable bonds is 6. The molecule has 0 bridgehead atoms. The fraction of sp³-hybridized carbons (Fsp3) is 0.571. The summed E-state index contributed by atoms with van der Waals surface area (Å²) >= 11 is 0. The molecule has 0 saturated carbocycles. The van der Waals surface area contributed by atoms with E-state index in [2.05, 4.69) is 11.9 Å². The van der Waals surface area contributed by atoms with Gasteiger partial charge in [0.25, 0.3) is 0 Å². The second-order valence-electron chi connectivity index (χ2n) is 4.84. The molecule has 1 aromatic heterocycles. The number of amides is 1. The van der Waals surface area contributed by atoms with Crippen LogP contribution in [0, 0.1) is 6.92 Å². The Bertz CT molecular complexity index is 431. The largest absolute Gasteiger partial charge is 0.347 e. The first-order valence-electron chi connectivity index (χ1n) is 6.60. The molecule has 0 saturated heterocycles. The highest BCUT2D eigenvalue weighted by molar-refractivity contribution is 5.81. The van der Waals surface area contributed by atoms with E-state index in [1.54, 1.807) is 25.2 Å². The molecule has 5 nitrogen and oxygen atoms in total. The van der Waals surface area contributed by atoms with E-state index in [-0.39, 0.29) is 5.91 Å². The highest BCUT2D eigenvalue weighted by Crippen LogP contribution is 2.20. The van der Waals surface area contributed by atoms with Gasteiger partial charge in [0.05, 0.1) is 6.54 Å². The van der Waals surface area contributed by atoms with E-state index in [4.69, 9.17) is 5.73 Å². The SMILES string of the molecule is CCCN(CC(=O)N(C)C)c1nccc(C)c1CN. The van der Waals surface area contributed by atoms with Gasteiger partial charge < -0.3 is 15.5 Å². The summed E-state index contributed by atoms with van der Waals surface area (Å²) in [6, 6.07) is 1.95. The Morgan fingerprint density at radius 3 is 2.63 bits per heavy atom. The number of carbonyl (C=O) groups is 1. The third-order valence-corrected chi connectivity index (χ3v) is 3.09. The number of nitrogens with zero attached hydrogens (tertiary/aromatic N) is 3. The fourth-order valence-corrected chi connectivity index (χ4v) is 1.93. The first kappa shape index (κ1) is 15.4. The van der Waals surface area contributed by atoms with Gasteiger partial charge in [-0.25, -0.2) is 4.98 Å². The van der Waals surface area contributed by atoms with Crippen molar-refractivity contribution < 1.29 is 4.79 Å². The van der Waals surface area contributed by atoms with Gasteiger partial charge in [0.15, 0.2) is 0 Å². The molecular weight excluding hydrogens is 240 g/mol. The van der Waals surface area contributed by atoms with Gasteiger partial charge in [-0.05, 0) is 25.0 Å². The lowest BCUT2D eigenvalue weighted by atomic mass is 10.1. The van der Waals surface area contributed by atoms with Crippen LogP contribution in [0.2, 0.25) is 0 Å². The molecule has 0 radical (unpaired) electrons. The minimum absolute atomic E-state index is 0.0692. The summed E-state index contributed by atoms with van der Waals surface area (Å²) in [7, 11) is 3.53. The van der Waals surface area contributed by atoms with Crippen LogP contribution in [0.15, 0.2) is 12.3 Å². The van der Waals surface area contributed by atoms with Crippen LogP contribution >= 0.6 is 0 Å². The van der Waals surface area contributed by atoms with Gasteiger partial charge in [0.1, 0.15) is 5.82 Å². The van der Waals surface area contributed by atoms with Crippen LogP contribution in [-0.2, 0) is 11.3 Å². The van der Waals surface area contributed by atoms with E-state index < -0.39 is 0 Å². The van der Waals surface area contributed by atoms with Crippen molar-refractivity contribution in [2.75, 3.05) is 32.1 Å². The zero-order chi connectivity index (χ0) is 14.4. The number of aromatic nitrogens is 1. The molecule has 0 aromatic carbocycles. The molecular formula is C14H24N4O.